The Morgan fingerprint density at radius 2 is 1.10 bits per heavy atom. The van der Waals surface area contributed by atoms with Crippen LogP contribution in [0.4, 0.5) is 0 Å². The highest BCUT2D eigenvalue weighted by molar-refractivity contribution is 6.31. The number of allylic oxidation sites excluding steroid dienone is 2. The molecule has 4 heteroatoms. The number of para-hydroxylation sites is 3. The van der Waals surface area contributed by atoms with Gasteiger partial charge in [0.25, 0.3) is 0 Å². The maximum absolute atomic E-state index is 6.70. The molecule has 0 radical (unpaired) electrons. The molecule has 0 bridgehead atoms. The van der Waals surface area contributed by atoms with Crippen molar-refractivity contribution >= 4 is 88.8 Å². The topological polar surface area (TPSA) is 36.1 Å². The van der Waals surface area contributed by atoms with Gasteiger partial charge in [0, 0.05) is 48.6 Å². The van der Waals surface area contributed by atoms with Gasteiger partial charge in [0.1, 0.15) is 16.7 Å². The van der Waals surface area contributed by atoms with E-state index in [9.17, 15) is 0 Å². The molecule has 0 saturated heterocycles. The second kappa shape index (κ2) is 12.9. The molecule has 278 valence electrons. The number of nitrogens with zero attached hydrogens (tertiary/aromatic N) is 2. The Hall–Kier alpha value is -7.82. The Morgan fingerprint density at radius 1 is 0.475 bits per heavy atom. The quantitative estimate of drug-likeness (QED) is 0.175. The van der Waals surface area contributed by atoms with Crippen LogP contribution < -0.4 is 10.6 Å². The highest BCUT2D eigenvalue weighted by Crippen LogP contribution is 2.46. The van der Waals surface area contributed by atoms with Crippen LogP contribution in [0.1, 0.15) is 6.92 Å². The molecule has 4 aromatic heterocycles. The number of furan rings is 2. The highest BCUT2D eigenvalue weighted by atomic mass is 16.3. The van der Waals surface area contributed by atoms with E-state index < -0.39 is 0 Å². The molecular formula is C55H36N2O2. The first kappa shape index (κ1) is 33.3. The van der Waals surface area contributed by atoms with E-state index in [2.05, 4.69) is 180 Å². The minimum absolute atomic E-state index is 0.748. The molecule has 0 aliphatic carbocycles. The van der Waals surface area contributed by atoms with E-state index in [0.29, 0.717) is 0 Å². The maximum Gasteiger partial charge on any atom is 0.158 e. The van der Waals surface area contributed by atoms with Crippen LogP contribution in [0.3, 0.4) is 0 Å². The maximum atomic E-state index is 6.70. The summed E-state index contributed by atoms with van der Waals surface area (Å²) in [5, 5.41) is 8.84. The van der Waals surface area contributed by atoms with Gasteiger partial charge in [-0.1, -0.05) is 128 Å². The SMILES string of the molecule is C=c1/c(=C(\C=C/C)n2c3cccc(-c4ccc5c(c4)oc4ccccc45)c3c3c4c5ccccc5n(-c5ccc(-c6ccccc6)cc5)c4ccc32)oc2ccccc12. The van der Waals surface area contributed by atoms with Crippen LogP contribution in [-0.4, -0.2) is 9.13 Å². The van der Waals surface area contributed by atoms with Crippen molar-refractivity contribution in [3.63, 3.8) is 0 Å². The normalized spacial score (nSPS) is 12.8. The smallest absolute Gasteiger partial charge is 0.158 e. The average molecular weight is 757 g/mol. The van der Waals surface area contributed by atoms with E-state index in [4.69, 9.17) is 8.83 Å². The number of aromatic nitrogens is 2. The molecule has 0 aliphatic rings. The molecule has 0 amide bonds. The van der Waals surface area contributed by atoms with Gasteiger partial charge in [-0.05, 0) is 95.9 Å². The van der Waals surface area contributed by atoms with Crippen LogP contribution in [0, 0.1) is 0 Å². The molecule has 0 saturated carbocycles. The summed E-state index contributed by atoms with van der Waals surface area (Å²) < 4.78 is 18.0. The fourth-order valence-electron chi connectivity index (χ4n) is 9.43. The van der Waals surface area contributed by atoms with Gasteiger partial charge in [0.05, 0.1) is 27.8 Å². The van der Waals surface area contributed by atoms with Crippen molar-refractivity contribution in [3.8, 4) is 27.9 Å². The van der Waals surface area contributed by atoms with E-state index in [0.717, 1.165) is 93.5 Å². The zero-order valence-electron chi connectivity index (χ0n) is 32.3. The molecule has 12 aromatic rings. The fraction of sp³-hybridized carbons (Fsp3) is 0.0182. The number of rotatable bonds is 5. The molecule has 0 aliphatic heterocycles. The molecule has 0 spiro atoms. The zero-order chi connectivity index (χ0) is 39.2. The van der Waals surface area contributed by atoms with Crippen LogP contribution in [0.15, 0.2) is 197 Å². The van der Waals surface area contributed by atoms with Crippen molar-refractivity contribution in [2.24, 2.45) is 0 Å². The number of benzene rings is 8. The van der Waals surface area contributed by atoms with Crippen LogP contribution in [0.5, 0.6) is 0 Å². The molecule has 59 heavy (non-hydrogen) atoms. The summed E-state index contributed by atoms with van der Waals surface area (Å²) in [5.41, 5.74) is 14.4. The molecule has 0 N–H and O–H groups in total. The van der Waals surface area contributed by atoms with Crippen LogP contribution in [0.25, 0.3) is 117 Å². The largest absolute Gasteiger partial charge is 0.456 e. The van der Waals surface area contributed by atoms with Gasteiger partial charge in [0.2, 0.25) is 0 Å². The van der Waals surface area contributed by atoms with Crippen molar-refractivity contribution in [1.82, 2.24) is 9.13 Å². The average Bonchev–Trinajstić information content (AvgIpc) is 4.03. The summed E-state index contributed by atoms with van der Waals surface area (Å²) in [7, 11) is 0. The van der Waals surface area contributed by atoms with Crippen LogP contribution >= 0.6 is 0 Å². The number of hydrogen-bond acceptors (Lipinski definition) is 2. The molecule has 8 aromatic carbocycles. The summed E-state index contributed by atoms with van der Waals surface area (Å²) >= 11 is 0. The first-order valence-corrected chi connectivity index (χ1v) is 20.1. The van der Waals surface area contributed by atoms with E-state index in [1.165, 1.54) is 27.3 Å². The fourth-order valence-corrected chi connectivity index (χ4v) is 9.43. The molecule has 12 rings (SSSR count). The predicted molar refractivity (Wildman–Crippen MR) is 247 cm³/mol. The minimum atomic E-state index is 0.748. The Bertz CT molecular complexity index is 3800. The van der Waals surface area contributed by atoms with Crippen molar-refractivity contribution in [1.29, 1.82) is 0 Å². The second-order valence-electron chi connectivity index (χ2n) is 15.3. The van der Waals surface area contributed by atoms with Crippen LogP contribution in [-0.2, 0) is 0 Å². The third-order valence-electron chi connectivity index (χ3n) is 12.0. The van der Waals surface area contributed by atoms with Gasteiger partial charge >= 0.3 is 0 Å². The number of hydrogen-bond donors (Lipinski definition) is 0. The molecular weight excluding hydrogens is 721 g/mol. The Kier molecular flexibility index (Phi) is 7.26. The predicted octanol–water partition coefficient (Wildman–Crippen LogP) is 13.5. The number of fused-ring (bicyclic) bond motifs is 11. The minimum Gasteiger partial charge on any atom is -0.456 e. The van der Waals surface area contributed by atoms with E-state index in [1.807, 2.05) is 30.3 Å². The van der Waals surface area contributed by atoms with Gasteiger partial charge in [-0.25, -0.2) is 0 Å². The van der Waals surface area contributed by atoms with Gasteiger partial charge in [-0.15, -0.1) is 0 Å². The van der Waals surface area contributed by atoms with Gasteiger partial charge in [-0.2, -0.15) is 0 Å². The molecule has 0 unspecified atom stereocenters. The third-order valence-corrected chi connectivity index (χ3v) is 12.0. The van der Waals surface area contributed by atoms with Crippen molar-refractivity contribution in [2.75, 3.05) is 0 Å². The van der Waals surface area contributed by atoms with Crippen molar-refractivity contribution in [2.45, 2.75) is 6.92 Å². The standard InChI is InChI=1S/C55H36N2O2/c1-3-14-48(55-34(2)39-17-8-11-23-49(39)59-55)57-45-22-13-20-40(37-27-30-42-41-18-9-12-24-50(41)58-51(42)33-37)52(45)54-47(57)32-31-46-53(54)43-19-7-10-21-44(43)56(46)38-28-25-36(26-29-38)35-15-5-4-6-16-35/h3-33H,2H2,1H3/b14-3-,55-48-. The lowest BCUT2D eigenvalue weighted by Gasteiger charge is -2.10. The van der Waals surface area contributed by atoms with Gasteiger partial charge in [0.15, 0.2) is 5.42 Å². The van der Waals surface area contributed by atoms with E-state index in [1.54, 1.807) is 0 Å². The Balaban J connectivity index is 1.23. The van der Waals surface area contributed by atoms with Gasteiger partial charge in [-0.3, -0.25) is 0 Å². The summed E-state index contributed by atoms with van der Waals surface area (Å²) in [6.07, 6.45) is 4.24. The lowest BCUT2D eigenvalue weighted by molar-refractivity contribution is 0.570. The van der Waals surface area contributed by atoms with E-state index >= 15 is 0 Å². The molecule has 4 heterocycles. The summed E-state index contributed by atoms with van der Waals surface area (Å²) in [6, 6.07) is 62.6. The third kappa shape index (κ3) is 4.90. The van der Waals surface area contributed by atoms with Gasteiger partial charge < -0.3 is 18.0 Å². The second-order valence-corrected chi connectivity index (χ2v) is 15.3. The van der Waals surface area contributed by atoms with Crippen molar-refractivity contribution < 1.29 is 8.83 Å². The summed E-state index contributed by atoms with van der Waals surface area (Å²) in [4.78, 5) is 0. The summed E-state index contributed by atoms with van der Waals surface area (Å²) in [6.45, 7) is 6.63. The molecule has 0 atom stereocenters. The van der Waals surface area contributed by atoms with E-state index in [-0.39, 0.29) is 0 Å². The first-order valence-electron chi connectivity index (χ1n) is 20.1. The van der Waals surface area contributed by atoms with Crippen molar-refractivity contribution in [3.05, 3.63) is 199 Å². The Morgan fingerprint density at radius 3 is 1.90 bits per heavy atom. The lowest BCUT2D eigenvalue weighted by atomic mass is 9.96. The van der Waals surface area contributed by atoms with Crippen LogP contribution in [0.2, 0.25) is 0 Å². The Labute approximate surface area is 339 Å². The summed E-state index contributed by atoms with van der Waals surface area (Å²) in [5.74, 6) is 0. The highest BCUT2D eigenvalue weighted by Gasteiger charge is 2.24. The molecule has 0 fully saturated rings. The first-order chi connectivity index (χ1) is 29.2. The molecule has 4 nitrogen and oxygen atoms in total. The lowest BCUT2D eigenvalue weighted by Crippen LogP contribution is -2.23. The monoisotopic (exact) mass is 756 g/mol. The zero-order valence-corrected chi connectivity index (χ0v) is 32.3.